The lowest BCUT2D eigenvalue weighted by atomic mass is 9.83. The van der Waals surface area contributed by atoms with Crippen LogP contribution in [0.5, 0.6) is 11.5 Å². The van der Waals surface area contributed by atoms with Gasteiger partial charge in [-0.05, 0) is 61.2 Å². The minimum atomic E-state index is -0.700. The van der Waals surface area contributed by atoms with Crippen LogP contribution in [0.1, 0.15) is 35.6 Å². The second-order valence-electron chi connectivity index (χ2n) is 9.76. The van der Waals surface area contributed by atoms with E-state index in [0.717, 1.165) is 54.1 Å². The predicted octanol–water partition coefficient (Wildman–Crippen LogP) is 3.63. The van der Waals surface area contributed by atoms with Crippen LogP contribution in [-0.4, -0.2) is 59.7 Å². The Morgan fingerprint density at radius 2 is 1.77 bits per heavy atom. The van der Waals surface area contributed by atoms with Gasteiger partial charge in [-0.15, -0.1) is 0 Å². The predicted molar refractivity (Wildman–Crippen MR) is 148 cm³/mol. The van der Waals surface area contributed by atoms with Gasteiger partial charge in [-0.3, -0.25) is 19.2 Å². The first-order valence-electron chi connectivity index (χ1n) is 12.9. The maximum atomic E-state index is 13.9. The molecule has 0 bridgehead atoms. The Morgan fingerprint density at radius 3 is 2.51 bits per heavy atom. The van der Waals surface area contributed by atoms with Crippen molar-refractivity contribution in [2.75, 3.05) is 31.7 Å². The van der Waals surface area contributed by atoms with Crippen LogP contribution in [0.25, 0.3) is 0 Å². The summed E-state index contributed by atoms with van der Waals surface area (Å²) in [5.74, 6) is -0.774. The SMILES string of the molecule is COc1ccc(N2C(=O)C3Sc4[nH]c(=O)sc4[C@H](c4cccc(OCC(=O)N5CCCCC5)c4)C3C2=O)cc1. The number of H-pyrrole nitrogens is 1. The molecule has 6 rings (SSSR count). The van der Waals surface area contributed by atoms with Crippen molar-refractivity contribution in [2.24, 2.45) is 5.92 Å². The maximum absolute atomic E-state index is 13.9. The molecule has 3 aliphatic heterocycles. The van der Waals surface area contributed by atoms with E-state index in [0.29, 0.717) is 22.2 Å². The Kier molecular flexibility index (Phi) is 6.94. The Balaban J connectivity index is 1.31. The normalized spacial score (nSPS) is 22.4. The number of thioether (sulfide) groups is 1. The fraction of sp³-hybridized carbons (Fsp3) is 0.357. The van der Waals surface area contributed by atoms with Crippen LogP contribution in [0.15, 0.2) is 58.4 Å². The van der Waals surface area contributed by atoms with Crippen molar-refractivity contribution >= 4 is 46.5 Å². The molecule has 0 spiro atoms. The molecule has 1 N–H and O–H groups in total. The number of imide groups is 1. The van der Waals surface area contributed by atoms with Crippen LogP contribution >= 0.6 is 23.1 Å². The molecule has 202 valence electrons. The number of piperidine rings is 1. The summed E-state index contributed by atoms with van der Waals surface area (Å²) < 4.78 is 11.1. The Labute approximate surface area is 233 Å². The number of aromatic amines is 1. The van der Waals surface area contributed by atoms with Gasteiger partial charge in [0.15, 0.2) is 6.61 Å². The van der Waals surface area contributed by atoms with Crippen molar-refractivity contribution in [3.8, 4) is 11.5 Å². The van der Waals surface area contributed by atoms with Gasteiger partial charge in [0.25, 0.3) is 5.91 Å². The van der Waals surface area contributed by atoms with Crippen molar-refractivity contribution in [3.05, 3.63) is 68.6 Å². The Bertz CT molecular complexity index is 1480. The lowest BCUT2D eigenvalue weighted by Crippen LogP contribution is -2.38. The molecule has 3 aliphatic rings. The van der Waals surface area contributed by atoms with E-state index in [1.54, 1.807) is 37.4 Å². The summed E-state index contributed by atoms with van der Waals surface area (Å²) in [6.07, 6.45) is 3.15. The molecule has 2 unspecified atom stereocenters. The molecular weight excluding hydrogens is 538 g/mol. The van der Waals surface area contributed by atoms with E-state index in [-0.39, 0.29) is 29.2 Å². The number of benzene rings is 2. The van der Waals surface area contributed by atoms with Crippen LogP contribution in [0.4, 0.5) is 5.69 Å². The number of nitrogens with zero attached hydrogens (tertiary/aromatic N) is 2. The van der Waals surface area contributed by atoms with E-state index in [1.165, 1.54) is 16.7 Å². The van der Waals surface area contributed by atoms with E-state index < -0.39 is 17.1 Å². The third kappa shape index (κ3) is 4.74. The highest BCUT2D eigenvalue weighted by molar-refractivity contribution is 8.00. The van der Waals surface area contributed by atoms with Gasteiger partial charge in [0, 0.05) is 23.9 Å². The molecule has 0 radical (unpaired) electrons. The number of carbonyl (C=O) groups is 3. The first-order chi connectivity index (χ1) is 18.9. The van der Waals surface area contributed by atoms with Gasteiger partial charge >= 0.3 is 4.87 Å². The largest absolute Gasteiger partial charge is 0.497 e. The average molecular weight is 566 g/mol. The highest BCUT2D eigenvalue weighted by Crippen LogP contribution is 2.53. The van der Waals surface area contributed by atoms with Gasteiger partial charge < -0.3 is 19.4 Å². The van der Waals surface area contributed by atoms with Crippen molar-refractivity contribution in [1.82, 2.24) is 9.88 Å². The van der Waals surface area contributed by atoms with Crippen molar-refractivity contribution in [2.45, 2.75) is 35.5 Å². The quantitative estimate of drug-likeness (QED) is 0.455. The molecule has 0 saturated carbocycles. The molecule has 0 aliphatic carbocycles. The number of carbonyl (C=O) groups excluding carboxylic acids is 3. The highest BCUT2D eigenvalue weighted by Gasteiger charge is 2.56. The number of hydrogen-bond donors (Lipinski definition) is 1. The number of aromatic nitrogens is 1. The molecule has 39 heavy (non-hydrogen) atoms. The number of hydrogen-bond acceptors (Lipinski definition) is 8. The number of rotatable bonds is 6. The third-order valence-corrected chi connectivity index (χ3v) is 9.84. The van der Waals surface area contributed by atoms with E-state index in [1.807, 2.05) is 23.1 Å². The number of amides is 3. The second kappa shape index (κ2) is 10.5. The molecule has 2 fully saturated rings. The summed E-state index contributed by atoms with van der Waals surface area (Å²) in [7, 11) is 1.55. The van der Waals surface area contributed by atoms with Gasteiger partial charge in [-0.25, -0.2) is 4.90 Å². The van der Waals surface area contributed by atoms with Crippen LogP contribution < -0.4 is 19.2 Å². The molecule has 4 heterocycles. The number of ether oxygens (including phenoxy) is 2. The zero-order valence-corrected chi connectivity index (χ0v) is 22.9. The molecule has 11 heteroatoms. The van der Waals surface area contributed by atoms with Crippen molar-refractivity contribution in [3.63, 3.8) is 0 Å². The summed E-state index contributed by atoms with van der Waals surface area (Å²) in [6.45, 7) is 1.43. The van der Waals surface area contributed by atoms with Gasteiger partial charge in [0.05, 0.1) is 23.7 Å². The van der Waals surface area contributed by atoms with Crippen molar-refractivity contribution in [1.29, 1.82) is 0 Å². The number of thiazole rings is 1. The number of nitrogens with one attached hydrogen (secondary N) is 1. The van der Waals surface area contributed by atoms with E-state index >= 15 is 0 Å². The highest BCUT2D eigenvalue weighted by atomic mass is 32.2. The standard InChI is InChI=1S/C28H27N3O6S2/c1-36-18-10-8-17(9-11-18)31-26(33)22-21(23-25(29-28(35)39-23)38-24(22)27(31)34)16-6-5-7-19(14-16)37-15-20(32)30-12-3-2-4-13-30/h5-11,14,21-22,24H,2-4,12-13,15H2,1H3,(H,29,35)/t21-,22?,24?/m1/s1. The second-order valence-corrected chi connectivity index (χ2v) is 11.9. The summed E-state index contributed by atoms with van der Waals surface area (Å²) in [6, 6.07) is 14.1. The first-order valence-corrected chi connectivity index (χ1v) is 14.6. The minimum absolute atomic E-state index is 0.0490. The zero-order chi connectivity index (χ0) is 27.1. The maximum Gasteiger partial charge on any atom is 0.305 e. The molecule has 9 nitrogen and oxygen atoms in total. The lowest BCUT2D eigenvalue weighted by Gasteiger charge is -2.30. The molecule has 3 amide bonds. The van der Waals surface area contributed by atoms with Gasteiger partial charge in [0.1, 0.15) is 16.7 Å². The van der Waals surface area contributed by atoms with Crippen molar-refractivity contribution < 1.29 is 23.9 Å². The third-order valence-electron chi connectivity index (χ3n) is 7.44. The summed E-state index contributed by atoms with van der Waals surface area (Å²) in [5, 5.41) is -0.0758. The topological polar surface area (TPSA) is 109 Å². The number of anilines is 1. The number of likely N-dealkylation sites (tertiary alicyclic amines) is 1. The molecule has 1 aromatic heterocycles. The van der Waals surface area contributed by atoms with E-state index in [2.05, 4.69) is 4.98 Å². The van der Waals surface area contributed by atoms with Gasteiger partial charge in [-0.1, -0.05) is 35.2 Å². The monoisotopic (exact) mass is 565 g/mol. The molecule has 3 atom stereocenters. The van der Waals surface area contributed by atoms with E-state index in [9.17, 15) is 19.2 Å². The van der Waals surface area contributed by atoms with E-state index in [4.69, 9.17) is 9.47 Å². The number of fused-ring (bicyclic) bond motifs is 2. The Hall–Kier alpha value is -3.57. The average Bonchev–Trinajstić information content (AvgIpc) is 3.46. The minimum Gasteiger partial charge on any atom is -0.497 e. The van der Waals surface area contributed by atoms with Gasteiger partial charge in [-0.2, -0.15) is 0 Å². The first kappa shape index (κ1) is 25.7. The van der Waals surface area contributed by atoms with Crippen LogP contribution in [0.2, 0.25) is 0 Å². The fourth-order valence-corrected chi connectivity index (χ4v) is 8.05. The molecular formula is C28H27N3O6S2. The van der Waals surface area contributed by atoms with Crippen LogP contribution in [0, 0.1) is 5.92 Å². The lowest BCUT2D eigenvalue weighted by molar-refractivity contribution is -0.134. The van der Waals surface area contributed by atoms with Crippen LogP contribution in [-0.2, 0) is 14.4 Å². The van der Waals surface area contributed by atoms with Gasteiger partial charge in [0.2, 0.25) is 11.8 Å². The summed E-state index contributed by atoms with van der Waals surface area (Å²) in [5.41, 5.74) is 1.23. The van der Waals surface area contributed by atoms with Crippen LogP contribution in [0.3, 0.4) is 0 Å². The molecule has 2 aromatic carbocycles. The molecule has 2 saturated heterocycles. The smallest absolute Gasteiger partial charge is 0.305 e. The fourth-order valence-electron chi connectivity index (χ4n) is 5.54. The zero-order valence-electron chi connectivity index (χ0n) is 21.3. The summed E-state index contributed by atoms with van der Waals surface area (Å²) >= 11 is 2.29. The number of methoxy groups -OCH3 is 1. The summed E-state index contributed by atoms with van der Waals surface area (Å²) in [4.78, 5) is 58.9. The molecule has 3 aromatic rings. The Morgan fingerprint density at radius 1 is 1.00 bits per heavy atom.